The number of fused-ring (bicyclic) bond motifs is 7. The van der Waals surface area contributed by atoms with E-state index in [0.29, 0.717) is 34.4 Å². The topological polar surface area (TPSA) is 231 Å². The molecule has 0 bridgehead atoms. The molecule has 11 rings (SSSR count). The zero-order chi connectivity index (χ0) is 55.8. The van der Waals surface area contributed by atoms with Crippen LogP contribution >= 0.6 is 22.9 Å². The maximum Gasteiger partial charge on any atom is 0.412 e. The summed E-state index contributed by atoms with van der Waals surface area (Å²) in [5.41, 5.74) is 6.82. The molecule has 4 aliphatic heterocycles. The van der Waals surface area contributed by atoms with Gasteiger partial charge in [0.1, 0.15) is 52.9 Å². The molecule has 18 nitrogen and oxygen atoms in total. The second-order valence-corrected chi connectivity index (χ2v) is 22.1. The second-order valence-electron chi connectivity index (χ2n) is 20.6. The summed E-state index contributed by atoms with van der Waals surface area (Å²) in [6.07, 6.45) is 0.448. The lowest BCUT2D eigenvalue weighted by Gasteiger charge is -2.37. The molecule has 0 spiro atoms. The largest absolute Gasteiger partial charge is 0.461 e. The smallest absolute Gasteiger partial charge is 0.412 e. The Balaban J connectivity index is 0.817. The number of carbonyl (C=O) groups is 3. The SMILES string of the molecule is C=C(C(=O)N1CCN(c2nc(OCC34CCCN3CCC4)nc3c(F)c(-c4ccc(F)c5sc(N)c(C#N)c45)c(Cl)cc23)CC1)C(OC(=O)Nc1cc2cc3c(nc2cc1F)-c1cc(C(O)C=O)c(COC)c(=O)n1C3)C(C)C. The molecule has 0 aliphatic carbocycles. The lowest BCUT2D eigenvalue weighted by Crippen LogP contribution is -2.50. The first kappa shape index (κ1) is 53.3. The average Bonchev–Trinajstić information content (AvgIpc) is 4.44. The Kier molecular flexibility index (Phi) is 14.1. The molecular weight excluding hydrogens is 1070 g/mol. The van der Waals surface area contributed by atoms with E-state index < -0.39 is 53.1 Å². The van der Waals surface area contributed by atoms with Gasteiger partial charge in [0.2, 0.25) is 0 Å². The number of nitrogens with two attached hydrogens (primary N) is 1. The van der Waals surface area contributed by atoms with Crippen molar-refractivity contribution in [2.24, 2.45) is 5.92 Å². The first-order valence-corrected chi connectivity index (χ1v) is 26.8. The fraction of sp³-hybridized carbons (Fsp3) is 0.357. The summed E-state index contributed by atoms with van der Waals surface area (Å²) < 4.78 is 67.3. The Morgan fingerprint density at radius 1 is 1.04 bits per heavy atom. The molecule has 2 amide bonds. The molecule has 4 aromatic heterocycles. The van der Waals surface area contributed by atoms with E-state index in [-0.39, 0.29) is 133 Å². The maximum atomic E-state index is 17.4. The number of amides is 2. The minimum atomic E-state index is -1.58. The molecule has 4 aliphatic rings. The molecule has 3 saturated heterocycles. The van der Waals surface area contributed by atoms with Gasteiger partial charge in [-0.15, -0.1) is 11.3 Å². The molecule has 7 aromatic rings. The second kappa shape index (κ2) is 20.8. The summed E-state index contributed by atoms with van der Waals surface area (Å²) in [4.78, 5) is 72.9. The van der Waals surface area contributed by atoms with Crippen molar-refractivity contribution in [3.05, 3.63) is 110 Å². The predicted octanol–water partition coefficient (Wildman–Crippen LogP) is 8.64. The minimum absolute atomic E-state index is 0.00144. The van der Waals surface area contributed by atoms with Crippen LogP contribution in [0.5, 0.6) is 6.01 Å². The van der Waals surface area contributed by atoms with Crippen LogP contribution in [0.1, 0.15) is 67.9 Å². The van der Waals surface area contributed by atoms with Gasteiger partial charge in [0, 0.05) is 77.8 Å². The highest BCUT2D eigenvalue weighted by molar-refractivity contribution is 7.23. The number of aliphatic hydroxyl groups excluding tert-OH is 1. The number of carbonyl (C=O) groups excluding carboxylic acids is 3. The zero-order valence-corrected chi connectivity index (χ0v) is 44.7. The highest BCUT2D eigenvalue weighted by Crippen LogP contribution is 2.47. The van der Waals surface area contributed by atoms with E-state index in [1.807, 2.05) is 11.0 Å². The van der Waals surface area contributed by atoms with Crippen molar-refractivity contribution in [3.63, 3.8) is 0 Å². The monoisotopic (exact) mass is 1120 g/mol. The van der Waals surface area contributed by atoms with Crippen LogP contribution in [0.4, 0.5) is 34.5 Å². The van der Waals surface area contributed by atoms with E-state index in [1.165, 1.54) is 42.0 Å². The number of anilines is 3. The summed E-state index contributed by atoms with van der Waals surface area (Å²) in [6, 6.07) is 11.7. The number of pyridine rings is 2. The Morgan fingerprint density at radius 2 is 1.78 bits per heavy atom. The number of aldehydes is 1. The number of aliphatic hydroxyl groups is 1. The first-order valence-electron chi connectivity index (χ1n) is 25.7. The van der Waals surface area contributed by atoms with E-state index >= 15 is 13.2 Å². The fourth-order valence-electron chi connectivity index (χ4n) is 11.7. The van der Waals surface area contributed by atoms with Crippen LogP contribution in [-0.4, -0.2) is 117 Å². The molecule has 3 aromatic carbocycles. The Morgan fingerprint density at radius 3 is 2.48 bits per heavy atom. The summed E-state index contributed by atoms with van der Waals surface area (Å²) in [7, 11) is 1.39. The third-order valence-electron chi connectivity index (χ3n) is 15.6. The van der Waals surface area contributed by atoms with Crippen LogP contribution in [0.3, 0.4) is 0 Å². The molecule has 4 N–H and O–H groups in total. The van der Waals surface area contributed by atoms with Crippen LogP contribution in [-0.2, 0) is 32.2 Å². The summed E-state index contributed by atoms with van der Waals surface area (Å²) in [5, 5.41) is 23.7. The predicted molar refractivity (Wildman–Crippen MR) is 292 cm³/mol. The Bertz CT molecular complexity index is 3830. The summed E-state index contributed by atoms with van der Waals surface area (Å²) >= 11 is 7.85. The van der Waals surface area contributed by atoms with Gasteiger partial charge in [0.25, 0.3) is 11.5 Å². The molecule has 0 radical (unpaired) electrons. The van der Waals surface area contributed by atoms with Crippen LogP contribution in [0.15, 0.2) is 59.4 Å². The van der Waals surface area contributed by atoms with Gasteiger partial charge in [-0.2, -0.15) is 15.2 Å². The minimum Gasteiger partial charge on any atom is -0.461 e. The standard InChI is InChI=1S/C56H52ClF3N10O8S/c1-27(2)48(78-55(75)64-40-18-29-17-30-23-70-41(46(30)63-39(29)21-38(40)59)20-32(42(72)24-71)35(25-76-4)53(70)74)28(3)52(73)68-15-13-67(14-16-68)51-33-19-36(57)44(31-7-8-37(58)49-43(31)34(22-61)50(62)79-49)45(60)47(33)65-54(66-51)77-26-56-9-5-11-69(56)12-6-10-56/h7-8,17-21,24,27,42,48,72H,3,5-6,9-16,23,25-26,62H2,1-2,4H3,(H,64,75). The van der Waals surface area contributed by atoms with Gasteiger partial charge >= 0.3 is 12.1 Å². The van der Waals surface area contributed by atoms with Crippen molar-refractivity contribution in [2.75, 3.05) is 68.9 Å². The number of hydrogen-bond donors (Lipinski definition) is 3. The lowest BCUT2D eigenvalue weighted by atomic mass is 9.95. The summed E-state index contributed by atoms with van der Waals surface area (Å²) in [5.74, 6) is -2.96. The molecule has 2 unspecified atom stereocenters. The highest BCUT2D eigenvalue weighted by atomic mass is 35.5. The summed E-state index contributed by atoms with van der Waals surface area (Å²) in [6.45, 7) is 10.4. The lowest BCUT2D eigenvalue weighted by molar-refractivity contribution is -0.128. The number of aromatic nitrogens is 4. The number of hydrogen-bond acceptors (Lipinski definition) is 16. The third-order valence-corrected chi connectivity index (χ3v) is 16.9. The van der Waals surface area contributed by atoms with Crippen LogP contribution in [0.2, 0.25) is 5.02 Å². The molecule has 408 valence electrons. The van der Waals surface area contributed by atoms with E-state index in [4.69, 9.17) is 36.5 Å². The third kappa shape index (κ3) is 9.26. The van der Waals surface area contributed by atoms with Gasteiger partial charge in [0.05, 0.1) is 62.1 Å². The number of piperazine rings is 1. The first-order chi connectivity index (χ1) is 37.9. The maximum absolute atomic E-state index is 17.4. The fourth-order valence-corrected chi connectivity index (χ4v) is 13.0. The molecular formula is C56H52ClF3N10O8S. The number of nitrogens with one attached hydrogen (secondary N) is 1. The van der Waals surface area contributed by atoms with Crippen molar-refractivity contribution in [1.29, 1.82) is 5.26 Å². The van der Waals surface area contributed by atoms with E-state index in [1.54, 1.807) is 24.8 Å². The number of nitriles is 1. The molecule has 0 saturated carbocycles. The van der Waals surface area contributed by atoms with Crippen molar-refractivity contribution < 1.29 is 46.9 Å². The van der Waals surface area contributed by atoms with E-state index in [9.17, 15) is 29.5 Å². The molecule has 79 heavy (non-hydrogen) atoms. The Hall–Kier alpha value is -7.68. The van der Waals surface area contributed by atoms with Crippen molar-refractivity contribution in [3.8, 4) is 34.6 Å². The van der Waals surface area contributed by atoms with Gasteiger partial charge in [-0.05, 0) is 80.6 Å². The molecule has 3 fully saturated rings. The Labute approximate surface area is 458 Å². The number of methoxy groups -OCH3 is 1. The normalized spacial score (nSPS) is 16.5. The van der Waals surface area contributed by atoms with Gasteiger partial charge in [-0.25, -0.2) is 22.9 Å². The molecule has 2 atom stereocenters. The van der Waals surface area contributed by atoms with Crippen molar-refractivity contribution >= 4 is 89.6 Å². The number of rotatable bonds is 14. The number of nitrogen functional groups attached to an aromatic ring is 1. The highest BCUT2D eigenvalue weighted by Gasteiger charge is 2.45. The van der Waals surface area contributed by atoms with Gasteiger partial charge in [-0.1, -0.05) is 38.1 Å². The van der Waals surface area contributed by atoms with Crippen LogP contribution in [0.25, 0.3) is 54.4 Å². The van der Waals surface area contributed by atoms with Crippen molar-refractivity contribution in [1.82, 2.24) is 29.3 Å². The zero-order valence-electron chi connectivity index (χ0n) is 43.1. The number of halogens is 4. The van der Waals surface area contributed by atoms with E-state index in [0.717, 1.165) is 56.2 Å². The van der Waals surface area contributed by atoms with Gasteiger partial charge < -0.3 is 44.2 Å². The van der Waals surface area contributed by atoms with Crippen LogP contribution in [0, 0.1) is 34.7 Å². The number of benzene rings is 3. The number of thiophene rings is 1. The number of nitrogens with zero attached hydrogens (tertiary/aromatic N) is 8. The van der Waals surface area contributed by atoms with E-state index in [2.05, 4.69) is 26.8 Å². The van der Waals surface area contributed by atoms with Crippen molar-refractivity contribution in [2.45, 2.75) is 70.4 Å². The van der Waals surface area contributed by atoms with Gasteiger partial charge in [-0.3, -0.25) is 19.8 Å². The average molecular weight is 1120 g/mol. The quantitative estimate of drug-likeness (QED) is 0.0683. The molecule has 8 heterocycles. The molecule has 23 heteroatoms. The van der Waals surface area contributed by atoms with Gasteiger partial charge in [0.15, 0.2) is 12.1 Å². The number of ether oxygens (including phenoxy) is 3. The van der Waals surface area contributed by atoms with Crippen LogP contribution < -0.4 is 26.2 Å².